The maximum atomic E-state index is 12.4. The molecule has 1 atom stereocenters. The van der Waals surface area contributed by atoms with Gasteiger partial charge in [0.15, 0.2) is 0 Å². The molecule has 1 heterocycles. The lowest BCUT2D eigenvalue weighted by Gasteiger charge is -2.26. The third-order valence-corrected chi connectivity index (χ3v) is 4.77. The van der Waals surface area contributed by atoms with Gasteiger partial charge in [-0.15, -0.1) is 0 Å². The highest BCUT2D eigenvalue weighted by Gasteiger charge is 2.28. The van der Waals surface area contributed by atoms with Gasteiger partial charge in [-0.1, -0.05) is 6.92 Å². The van der Waals surface area contributed by atoms with Crippen molar-refractivity contribution in [3.05, 3.63) is 18.0 Å². The molecule has 0 saturated heterocycles. The molecule has 1 unspecified atom stereocenters. The molecule has 0 aliphatic carbocycles. The highest BCUT2D eigenvalue weighted by molar-refractivity contribution is 7.89. The Kier molecular flexibility index (Phi) is 5.33. The van der Waals surface area contributed by atoms with Crippen molar-refractivity contribution in [1.29, 1.82) is 0 Å². The van der Waals surface area contributed by atoms with Gasteiger partial charge >= 0.3 is 0 Å². The van der Waals surface area contributed by atoms with Crippen LogP contribution in [0.2, 0.25) is 0 Å². The van der Waals surface area contributed by atoms with Gasteiger partial charge in [0.2, 0.25) is 10.0 Å². The normalized spacial score (nSPS) is 14.1. The number of aliphatic hydroxyl groups is 1. The van der Waals surface area contributed by atoms with Crippen LogP contribution in [0.3, 0.4) is 0 Å². The summed E-state index contributed by atoms with van der Waals surface area (Å²) in [5.74, 6) is 0. The minimum atomic E-state index is -3.55. The van der Waals surface area contributed by atoms with Gasteiger partial charge < -0.3 is 14.8 Å². The number of aromatic nitrogens is 1. The average molecular weight is 276 g/mol. The molecule has 0 aliphatic heterocycles. The van der Waals surface area contributed by atoms with Crippen LogP contribution in [-0.2, 0) is 21.4 Å². The Morgan fingerprint density at radius 2 is 2.22 bits per heavy atom. The van der Waals surface area contributed by atoms with E-state index in [2.05, 4.69) is 4.98 Å². The molecule has 0 aliphatic rings. The van der Waals surface area contributed by atoms with E-state index in [1.54, 1.807) is 13.8 Å². The standard InChI is InChI=1S/C11H20N2O4S/c1-4-13(9(2)8-17-3)18(15,16)11-5-10(7-14)12-6-11/h5-6,9,12,14H,4,7-8H2,1-3H3. The first-order valence-electron chi connectivity index (χ1n) is 5.76. The van der Waals surface area contributed by atoms with Crippen LogP contribution >= 0.6 is 0 Å². The van der Waals surface area contributed by atoms with Crippen molar-refractivity contribution in [2.75, 3.05) is 20.3 Å². The number of aromatic amines is 1. The predicted molar refractivity (Wildman–Crippen MR) is 67.6 cm³/mol. The highest BCUT2D eigenvalue weighted by atomic mass is 32.2. The number of methoxy groups -OCH3 is 1. The van der Waals surface area contributed by atoms with Crippen molar-refractivity contribution < 1.29 is 18.3 Å². The summed E-state index contributed by atoms with van der Waals surface area (Å²) < 4.78 is 31.1. The van der Waals surface area contributed by atoms with Gasteiger partial charge in [-0.25, -0.2) is 8.42 Å². The Morgan fingerprint density at radius 3 is 2.67 bits per heavy atom. The van der Waals surface area contributed by atoms with E-state index >= 15 is 0 Å². The molecule has 2 N–H and O–H groups in total. The van der Waals surface area contributed by atoms with Gasteiger partial charge in [-0.2, -0.15) is 4.31 Å². The van der Waals surface area contributed by atoms with E-state index in [4.69, 9.17) is 9.84 Å². The quantitative estimate of drug-likeness (QED) is 0.762. The predicted octanol–water partition coefficient (Wildman–Crippen LogP) is 0.552. The van der Waals surface area contributed by atoms with Crippen LogP contribution in [-0.4, -0.2) is 49.1 Å². The lowest BCUT2D eigenvalue weighted by Crippen LogP contribution is -2.40. The first kappa shape index (κ1) is 15.2. The van der Waals surface area contributed by atoms with Crippen molar-refractivity contribution in [3.63, 3.8) is 0 Å². The third kappa shape index (κ3) is 3.11. The van der Waals surface area contributed by atoms with Gasteiger partial charge in [-0.05, 0) is 13.0 Å². The van der Waals surface area contributed by atoms with Crippen molar-refractivity contribution in [1.82, 2.24) is 9.29 Å². The lowest BCUT2D eigenvalue weighted by atomic mass is 10.4. The average Bonchev–Trinajstić information content (AvgIpc) is 2.79. The summed E-state index contributed by atoms with van der Waals surface area (Å²) in [6, 6.07) is 1.20. The fourth-order valence-electron chi connectivity index (χ4n) is 1.84. The largest absolute Gasteiger partial charge is 0.390 e. The van der Waals surface area contributed by atoms with Crippen LogP contribution in [0.15, 0.2) is 17.2 Å². The number of ether oxygens (including phenoxy) is 1. The molecular weight excluding hydrogens is 256 g/mol. The zero-order valence-corrected chi connectivity index (χ0v) is 11.7. The van der Waals surface area contributed by atoms with Crippen LogP contribution < -0.4 is 0 Å². The summed E-state index contributed by atoms with van der Waals surface area (Å²) >= 11 is 0. The number of nitrogens with zero attached hydrogens (tertiary/aromatic N) is 1. The summed E-state index contributed by atoms with van der Waals surface area (Å²) in [7, 11) is -2.01. The maximum Gasteiger partial charge on any atom is 0.244 e. The fraction of sp³-hybridized carbons (Fsp3) is 0.636. The summed E-state index contributed by atoms with van der Waals surface area (Å²) in [6.45, 7) is 4.07. The lowest BCUT2D eigenvalue weighted by molar-refractivity contribution is 0.142. The number of sulfonamides is 1. The van der Waals surface area contributed by atoms with Crippen LogP contribution in [0.4, 0.5) is 0 Å². The number of nitrogens with one attached hydrogen (secondary N) is 1. The first-order chi connectivity index (χ1) is 8.47. The van der Waals surface area contributed by atoms with E-state index in [9.17, 15) is 8.42 Å². The molecule has 1 aromatic heterocycles. The number of rotatable bonds is 7. The number of H-pyrrole nitrogens is 1. The fourth-order valence-corrected chi connectivity index (χ4v) is 3.48. The summed E-state index contributed by atoms with van der Waals surface area (Å²) in [5.41, 5.74) is 0.476. The van der Waals surface area contributed by atoms with Crippen molar-refractivity contribution in [2.45, 2.75) is 31.4 Å². The molecule has 1 aromatic rings. The SMILES string of the molecule is CCN(C(C)COC)S(=O)(=O)c1c[nH]c(CO)c1. The minimum Gasteiger partial charge on any atom is -0.390 e. The van der Waals surface area contributed by atoms with Gasteiger partial charge in [0, 0.05) is 31.6 Å². The van der Waals surface area contributed by atoms with Crippen LogP contribution in [0.5, 0.6) is 0 Å². The zero-order chi connectivity index (χ0) is 13.8. The van der Waals surface area contributed by atoms with E-state index in [1.807, 2.05) is 0 Å². The van der Waals surface area contributed by atoms with Crippen LogP contribution in [0.25, 0.3) is 0 Å². The van der Waals surface area contributed by atoms with Crippen molar-refractivity contribution >= 4 is 10.0 Å². The second kappa shape index (κ2) is 6.33. The molecule has 0 aromatic carbocycles. The molecule has 0 spiro atoms. The highest BCUT2D eigenvalue weighted by Crippen LogP contribution is 2.19. The number of hydrogen-bond acceptors (Lipinski definition) is 4. The van der Waals surface area contributed by atoms with Gasteiger partial charge in [0.25, 0.3) is 0 Å². The van der Waals surface area contributed by atoms with E-state index in [0.29, 0.717) is 18.8 Å². The molecule has 0 saturated carbocycles. The first-order valence-corrected chi connectivity index (χ1v) is 7.20. The molecule has 104 valence electrons. The molecular formula is C11H20N2O4S. The summed E-state index contributed by atoms with van der Waals surface area (Å²) in [4.78, 5) is 2.89. The van der Waals surface area contributed by atoms with Crippen molar-refractivity contribution in [2.24, 2.45) is 0 Å². The zero-order valence-electron chi connectivity index (χ0n) is 10.9. The molecule has 0 amide bonds. The molecule has 7 heteroatoms. The second-order valence-electron chi connectivity index (χ2n) is 4.03. The van der Waals surface area contributed by atoms with E-state index < -0.39 is 10.0 Å². The number of aliphatic hydroxyl groups excluding tert-OH is 1. The molecule has 1 rings (SSSR count). The molecule has 0 bridgehead atoms. The minimum absolute atomic E-state index is 0.163. The number of likely N-dealkylation sites (N-methyl/N-ethyl adjacent to an activating group) is 1. The topological polar surface area (TPSA) is 82.6 Å². The van der Waals surface area contributed by atoms with Crippen molar-refractivity contribution in [3.8, 4) is 0 Å². The van der Waals surface area contributed by atoms with Gasteiger partial charge in [0.1, 0.15) is 0 Å². The Bertz CT molecular complexity index is 469. The molecule has 0 radical (unpaired) electrons. The molecule has 0 fully saturated rings. The Labute approximate surface area is 108 Å². The smallest absolute Gasteiger partial charge is 0.244 e. The Hall–Kier alpha value is -0.890. The summed E-state index contributed by atoms with van der Waals surface area (Å²) in [6.07, 6.45) is 1.39. The van der Waals surface area contributed by atoms with E-state index in [1.165, 1.54) is 23.7 Å². The van der Waals surface area contributed by atoms with E-state index in [0.717, 1.165) is 0 Å². The Balaban J connectivity index is 3.02. The van der Waals surface area contributed by atoms with Crippen LogP contribution in [0, 0.1) is 0 Å². The molecule has 18 heavy (non-hydrogen) atoms. The van der Waals surface area contributed by atoms with Gasteiger partial charge in [-0.3, -0.25) is 0 Å². The monoisotopic (exact) mass is 276 g/mol. The maximum absolute atomic E-state index is 12.4. The van der Waals surface area contributed by atoms with Crippen LogP contribution in [0.1, 0.15) is 19.5 Å². The summed E-state index contributed by atoms with van der Waals surface area (Å²) in [5, 5.41) is 8.95. The Morgan fingerprint density at radius 1 is 1.56 bits per heavy atom. The third-order valence-electron chi connectivity index (χ3n) is 2.70. The second-order valence-corrected chi connectivity index (χ2v) is 5.92. The number of hydrogen-bond donors (Lipinski definition) is 2. The van der Waals surface area contributed by atoms with Gasteiger partial charge in [0.05, 0.1) is 18.1 Å². The molecule has 6 nitrogen and oxygen atoms in total. The van der Waals surface area contributed by atoms with E-state index in [-0.39, 0.29) is 17.5 Å².